The van der Waals surface area contributed by atoms with Crippen molar-refractivity contribution >= 4 is 22.8 Å². The lowest BCUT2D eigenvalue weighted by atomic mass is 10.0. The van der Waals surface area contributed by atoms with Crippen LogP contribution in [0.15, 0.2) is 47.3 Å². The number of aryl methyl sites for hydroxylation is 1. The highest BCUT2D eigenvalue weighted by Gasteiger charge is 2.32. The minimum Gasteiger partial charge on any atom is -0.295 e. The molecule has 0 radical (unpaired) electrons. The topological polar surface area (TPSA) is 76.3 Å². The molecular formula is C22H22N4O3. The van der Waals surface area contributed by atoms with Crippen LogP contribution in [0.2, 0.25) is 0 Å². The van der Waals surface area contributed by atoms with Gasteiger partial charge >= 0.3 is 5.69 Å². The van der Waals surface area contributed by atoms with E-state index in [4.69, 9.17) is 0 Å². The zero-order valence-electron chi connectivity index (χ0n) is 16.2. The number of hydrogen-bond acceptors (Lipinski definition) is 4. The molecule has 3 heterocycles. The summed E-state index contributed by atoms with van der Waals surface area (Å²) in [5.74, 6) is -0.681. The smallest absolute Gasteiger partial charge is 0.295 e. The molecule has 1 N–H and O–H groups in total. The van der Waals surface area contributed by atoms with Crippen LogP contribution in [0.4, 0.5) is 0 Å². The number of hydrogen-bond donors (Lipinski definition) is 1. The van der Waals surface area contributed by atoms with E-state index in [1.807, 2.05) is 24.3 Å². The highest BCUT2D eigenvalue weighted by molar-refractivity contribution is 6.00. The molecule has 5 rings (SSSR count). The maximum Gasteiger partial charge on any atom is 0.329 e. The third kappa shape index (κ3) is 2.98. The average molecular weight is 390 g/mol. The number of fused-ring (bicyclic) bond motifs is 2. The van der Waals surface area contributed by atoms with Crippen molar-refractivity contribution in [3.63, 3.8) is 0 Å². The third-order valence-corrected chi connectivity index (χ3v) is 5.97. The minimum atomic E-state index is -0.649. The van der Waals surface area contributed by atoms with Crippen LogP contribution >= 0.6 is 0 Å². The molecule has 0 bridgehead atoms. The van der Waals surface area contributed by atoms with Crippen LogP contribution in [0.3, 0.4) is 0 Å². The number of nitrogens with zero attached hydrogens (tertiary/aromatic N) is 3. The first-order chi connectivity index (χ1) is 14.0. The molecule has 148 valence electrons. The molecule has 0 aliphatic carbocycles. The van der Waals surface area contributed by atoms with Gasteiger partial charge in [-0.05, 0) is 35.2 Å². The number of amides is 2. The van der Waals surface area contributed by atoms with Gasteiger partial charge in [0.2, 0.25) is 11.8 Å². The molecule has 1 saturated heterocycles. The normalized spacial score (nSPS) is 19.6. The van der Waals surface area contributed by atoms with Crippen molar-refractivity contribution in [1.82, 2.24) is 19.4 Å². The number of carbonyl (C=O) groups is 2. The number of aromatic nitrogens is 2. The summed E-state index contributed by atoms with van der Waals surface area (Å²) in [4.78, 5) is 39.2. The van der Waals surface area contributed by atoms with Gasteiger partial charge < -0.3 is 0 Å². The molecule has 7 heteroatoms. The lowest BCUT2D eigenvalue weighted by Gasteiger charge is -2.22. The first-order valence-electron chi connectivity index (χ1n) is 9.84. The molecule has 2 aliphatic rings. The number of nitrogens with one attached hydrogen (secondary N) is 1. The van der Waals surface area contributed by atoms with Gasteiger partial charge in [0.25, 0.3) is 0 Å². The summed E-state index contributed by atoms with van der Waals surface area (Å²) in [7, 11) is 1.73. The summed E-state index contributed by atoms with van der Waals surface area (Å²) in [6.45, 7) is 2.50. The molecule has 3 aromatic rings. The van der Waals surface area contributed by atoms with Crippen molar-refractivity contribution in [2.24, 2.45) is 7.05 Å². The van der Waals surface area contributed by atoms with E-state index in [0.29, 0.717) is 6.42 Å². The highest BCUT2D eigenvalue weighted by Crippen LogP contribution is 2.30. The maximum atomic E-state index is 12.9. The summed E-state index contributed by atoms with van der Waals surface area (Å²) in [5.41, 5.74) is 5.02. The van der Waals surface area contributed by atoms with Gasteiger partial charge in [0, 0.05) is 33.1 Å². The zero-order valence-corrected chi connectivity index (χ0v) is 16.2. The Bertz CT molecular complexity index is 1190. The van der Waals surface area contributed by atoms with Gasteiger partial charge in [-0.15, -0.1) is 0 Å². The van der Waals surface area contributed by atoms with Gasteiger partial charge in [0.15, 0.2) is 0 Å². The fourth-order valence-corrected chi connectivity index (χ4v) is 4.51. The largest absolute Gasteiger partial charge is 0.329 e. The van der Waals surface area contributed by atoms with Crippen molar-refractivity contribution < 1.29 is 9.59 Å². The van der Waals surface area contributed by atoms with E-state index in [9.17, 15) is 14.4 Å². The molecular weight excluding hydrogens is 368 g/mol. The van der Waals surface area contributed by atoms with Gasteiger partial charge in [0.05, 0.1) is 11.0 Å². The van der Waals surface area contributed by atoms with Crippen LogP contribution in [0.1, 0.15) is 35.6 Å². The van der Waals surface area contributed by atoms with Gasteiger partial charge in [-0.25, -0.2) is 4.79 Å². The fraction of sp³-hybridized carbons (Fsp3) is 0.318. The van der Waals surface area contributed by atoms with Crippen LogP contribution in [-0.4, -0.2) is 25.8 Å². The molecule has 0 saturated carbocycles. The second kappa shape index (κ2) is 6.70. The van der Waals surface area contributed by atoms with Gasteiger partial charge in [-0.1, -0.05) is 30.3 Å². The van der Waals surface area contributed by atoms with E-state index in [0.717, 1.165) is 30.7 Å². The number of piperidine rings is 1. The average Bonchev–Trinajstić information content (AvgIpc) is 3.20. The molecule has 7 nitrogen and oxygen atoms in total. The molecule has 1 unspecified atom stereocenters. The standard InChI is InChI=1S/C22H22N4O3/c1-24-18-9-15-12-25(11-14-5-3-2-4-6-14)13-16(15)10-19(18)26(22(24)29)17-7-8-20(27)23-21(17)28/h2-6,9-10,17H,7-8,11-13H2,1H3,(H,23,27,28). The fourth-order valence-electron chi connectivity index (χ4n) is 4.51. The lowest BCUT2D eigenvalue weighted by molar-refractivity contribution is -0.135. The second-order valence-corrected chi connectivity index (χ2v) is 7.92. The van der Waals surface area contributed by atoms with Crippen LogP contribution in [0.25, 0.3) is 11.0 Å². The predicted octanol–water partition coefficient (Wildman–Crippen LogP) is 1.83. The van der Waals surface area contributed by atoms with Crippen molar-refractivity contribution in [3.05, 3.63) is 69.6 Å². The minimum absolute atomic E-state index is 0.223. The van der Waals surface area contributed by atoms with E-state index in [1.54, 1.807) is 16.2 Å². The van der Waals surface area contributed by atoms with Gasteiger partial charge in [-0.2, -0.15) is 0 Å². The molecule has 1 atom stereocenters. The Hall–Kier alpha value is -3.19. The van der Waals surface area contributed by atoms with E-state index in [-0.39, 0.29) is 18.0 Å². The summed E-state index contributed by atoms with van der Waals surface area (Å²) in [6.07, 6.45) is 0.593. The second-order valence-electron chi connectivity index (χ2n) is 7.92. The first kappa shape index (κ1) is 17.9. The van der Waals surface area contributed by atoms with Crippen molar-refractivity contribution in [3.8, 4) is 0 Å². The molecule has 0 spiro atoms. The van der Waals surface area contributed by atoms with Crippen molar-refractivity contribution in [2.45, 2.75) is 38.5 Å². The van der Waals surface area contributed by atoms with Crippen LogP contribution in [-0.2, 0) is 36.3 Å². The number of imide groups is 1. The number of benzene rings is 2. The van der Waals surface area contributed by atoms with Crippen LogP contribution < -0.4 is 11.0 Å². The lowest BCUT2D eigenvalue weighted by Crippen LogP contribution is -2.44. The molecule has 2 aromatic carbocycles. The number of rotatable bonds is 3. The van der Waals surface area contributed by atoms with Gasteiger partial charge in [0.1, 0.15) is 6.04 Å². The van der Waals surface area contributed by atoms with Crippen molar-refractivity contribution in [1.29, 1.82) is 0 Å². The van der Waals surface area contributed by atoms with E-state index < -0.39 is 11.9 Å². The Kier molecular flexibility index (Phi) is 4.13. The van der Waals surface area contributed by atoms with Crippen LogP contribution in [0, 0.1) is 0 Å². The molecule has 1 fully saturated rings. The summed E-state index contributed by atoms with van der Waals surface area (Å²) in [5, 5.41) is 2.36. The molecule has 2 amide bonds. The molecule has 2 aliphatic heterocycles. The monoisotopic (exact) mass is 390 g/mol. The quantitative estimate of drug-likeness (QED) is 0.693. The Morgan fingerprint density at radius 3 is 2.38 bits per heavy atom. The van der Waals surface area contributed by atoms with Crippen LogP contribution in [0.5, 0.6) is 0 Å². The van der Waals surface area contributed by atoms with Crippen molar-refractivity contribution in [2.75, 3.05) is 0 Å². The Morgan fingerprint density at radius 1 is 1.00 bits per heavy atom. The highest BCUT2D eigenvalue weighted by atomic mass is 16.2. The Morgan fingerprint density at radius 2 is 1.69 bits per heavy atom. The maximum absolute atomic E-state index is 12.9. The van der Waals surface area contributed by atoms with E-state index in [1.165, 1.54) is 16.7 Å². The zero-order chi connectivity index (χ0) is 20.1. The van der Waals surface area contributed by atoms with Gasteiger partial charge in [-0.3, -0.25) is 28.9 Å². The molecule has 1 aromatic heterocycles. The Balaban J connectivity index is 1.52. The summed E-state index contributed by atoms with van der Waals surface area (Å²) in [6, 6.07) is 13.8. The third-order valence-electron chi connectivity index (χ3n) is 5.97. The SMILES string of the molecule is Cn1c(=O)n(C2CCC(=O)NC2=O)c2cc3c(cc21)CN(Cc1ccccc1)C3. The summed E-state index contributed by atoms with van der Waals surface area (Å²) < 4.78 is 3.15. The predicted molar refractivity (Wildman–Crippen MR) is 108 cm³/mol. The number of imidazole rings is 1. The van der Waals surface area contributed by atoms with E-state index >= 15 is 0 Å². The molecule has 29 heavy (non-hydrogen) atoms. The van der Waals surface area contributed by atoms with E-state index in [2.05, 4.69) is 28.4 Å². The first-order valence-corrected chi connectivity index (χ1v) is 9.84. The number of carbonyl (C=O) groups excluding carboxylic acids is 2. The Labute approximate surface area is 167 Å². The summed E-state index contributed by atoms with van der Waals surface area (Å²) >= 11 is 0.